The summed E-state index contributed by atoms with van der Waals surface area (Å²) in [6.45, 7) is 1.63. The fourth-order valence-corrected chi connectivity index (χ4v) is 3.43. The minimum Gasteiger partial charge on any atom is -0.287 e. The number of nitrogens with zero attached hydrogens (tertiary/aromatic N) is 1. The lowest BCUT2D eigenvalue weighted by Gasteiger charge is -2.18. The van der Waals surface area contributed by atoms with Gasteiger partial charge in [0.15, 0.2) is 0 Å². The largest absolute Gasteiger partial charge is 0.287 e. The summed E-state index contributed by atoms with van der Waals surface area (Å²) in [6, 6.07) is 18.7. The number of aromatic nitrogens is 1. The normalized spacial score (nSPS) is 12.6. The summed E-state index contributed by atoms with van der Waals surface area (Å²) in [5, 5.41) is 0. The Morgan fingerprint density at radius 2 is 1.59 bits per heavy atom. The van der Waals surface area contributed by atoms with Crippen molar-refractivity contribution in [1.82, 2.24) is 4.57 Å². The lowest BCUT2D eigenvalue weighted by molar-refractivity contribution is 0.0938. The third kappa shape index (κ3) is 1.92. The first kappa shape index (κ1) is 13.1. The van der Waals surface area contributed by atoms with Gasteiger partial charge >= 0.3 is 0 Å². The van der Waals surface area contributed by atoms with E-state index >= 15 is 0 Å². The van der Waals surface area contributed by atoms with Crippen molar-refractivity contribution >= 4 is 5.91 Å². The van der Waals surface area contributed by atoms with E-state index in [4.69, 9.17) is 0 Å². The highest BCUT2D eigenvalue weighted by molar-refractivity contribution is 5.93. The van der Waals surface area contributed by atoms with Crippen molar-refractivity contribution in [2.24, 2.45) is 0 Å². The number of hydrogen-bond donors (Lipinski definition) is 0. The van der Waals surface area contributed by atoms with E-state index in [9.17, 15) is 4.79 Å². The van der Waals surface area contributed by atoms with Crippen molar-refractivity contribution in [2.45, 2.75) is 19.8 Å². The zero-order valence-corrected chi connectivity index (χ0v) is 12.5. The summed E-state index contributed by atoms with van der Waals surface area (Å²) >= 11 is 0. The molecule has 0 saturated carbocycles. The first-order chi connectivity index (χ1) is 10.8. The number of carbonyl (C=O) groups excluding carboxylic acids is 1. The minimum absolute atomic E-state index is 0.0609. The van der Waals surface area contributed by atoms with Gasteiger partial charge in [0.2, 0.25) is 5.91 Å². The van der Waals surface area contributed by atoms with Crippen molar-refractivity contribution in [3.63, 3.8) is 0 Å². The highest BCUT2D eigenvalue weighted by Crippen LogP contribution is 2.41. The van der Waals surface area contributed by atoms with Crippen LogP contribution < -0.4 is 0 Å². The molecule has 0 amide bonds. The summed E-state index contributed by atoms with van der Waals surface area (Å²) in [6.07, 6.45) is 4.06. The highest BCUT2D eigenvalue weighted by Gasteiger charge is 2.25. The van der Waals surface area contributed by atoms with Crippen LogP contribution in [-0.2, 0) is 12.8 Å². The molecule has 1 aromatic heterocycles. The molecule has 0 aliphatic heterocycles. The van der Waals surface area contributed by atoms with Crippen LogP contribution in [-0.4, -0.2) is 10.5 Å². The molecule has 0 bridgehead atoms. The maximum Gasteiger partial charge on any atom is 0.227 e. The molecular formula is C20H17NO. The van der Waals surface area contributed by atoms with Crippen LogP contribution in [0, 0.1) is 0 Å². The van der Waals surface area contributed by atoms with E-state index in [0.29, 0.717) is 0 Å². The first-order valence-corrected chi connectivity index (χ1v) is 7.64. The van der Waals surface area contributed by atoms with Crippen LogP contribution in [0.2, 0.25) is 0 Å². The Balaban J connectivity index is 2.06. The van der Waals surface area contributed by atoms with Crippen LogP contribution in [0.5, 0.6) is 0 Å². The summed E-state index contributed by atoms with van der Waals surface area (Å²) in [7, 11) is 0. The van der Waals surface area contributed by atoms with Gasteiger partial charge in [-0.25, -0.2) is 0 Å². The second kappa shape index (κ2) is 4.99. The number of carbonyl (C=O) groups is 1. The van der Waals surface area contributed by atoms with Crippen LogP contribution in [0.1, 0.15) is 22.8 Å². The van der Waals surface area contributed by atoms with E-state index in [1.54, 1.807) is 6.92 Å². The molecule has 0 atom stereocenters. The third-order valence-electron chi connectivity index (χ3n) is 4.42. The summed E-state index contributed by atoms with van der Waals surface area (Å²) < 4.78 is 1.81. The summed E-state index contributed by atoms with van der Waals surface area (Å²) in [5.41, 5.74) is 7.25. The zero-order chi connectivity index (χ0) is 15.1. The Morgan fingerprint density at radius 1 is 0.909 bits per heavy atom. The maximum atomic E-state index is 12.1. The molecule has 2 aromatic carbocycles. The Labute approximate surface area is 130 Å². The molecule has 0 saturated heterocycles. The van der Waals surface area contributed by atoms with Crippen LogP contribution in [0.25, 0.3) is 22.4 Å². The van der Waals surface area contributed by atoms with Crippen molar-refractivity contribution in [1.29, 1.82) is 0 Å². The van der Waals surface area contributed by atoms with E-state index in [1.165, 1.54) is 22.3 Å². The predicted molar refractivity (Wildman–Crippen MR) is 89.0 cm³/mol. The van der Waals surface area contributed by atoms with Gasteiger partial charge in [-0.3, -0.25) is 9.36 Å². The van der Waals surface area contributed by atoms with E-state index in [-0.39, 0.29) is 5.91 Å². The minimum atomic E-state index is 0.0609. The van der Waals surface area contributed by atoms with Crippen molar-refractivity contribution < 1.29 is 4.79 Å². The van der Waals surface area contributed by atoms with Crippen LogP contribution in [0.4, 0.5) is 0 Å². The van der Waals surface area contributed by atoms with Crippen LogP contribution in [0.15, 0.2) is 60.8 Å². The standard InChI is InChI=1S/C20H17NO/c1-14(22)21-13-17-12-11-15-7-5-6-10-18(15)19(17)20(21)16-8-3-2-4-9-16/h2-10,13H,11-12H2,1H3. The van der Waals surface area contributed by atoms with Crippen molar-refractivity contribution in [3.05, 3.63) is 71.9 Å². The molecule has 108 valence electrons. The quantitative estimate of drug-likeness (QED) is 0.642. The second-order valence-electron chi connectivity index (χ2n) is 5.79. The Bertz CT molecular complexity index is 859. The van der Waals surface area contributed by atoms with Gasteiger partial charge in [-0.1, -0.05) is 54.6 Å². The molecule has 4 rings (SSSR count). The monoisotopic (exact) mass is 287 g/mol. The molecule has 1 aliphatic carbocycles. The lowest BCUT2D eigenvalue weighted by atomic mass is 9.86. The summed E-state index contributed by atoms with van der Waals surface area (Å²) in [5.74, 6) is 0.0609. The molecule has 22 heavy (non-hydrogen) atoms. The van der Waals surface area contributed by atoms with Gasteiger partial charge < -0.3 is 0 Å². The van der Waals surface area contributed by atoms with E-state index < -0.39 is 0 Å². The van der Waals surface area contributed by atoms with Gasteiger partial charge in [0.05, 0.1) is 5.69 Å². The Hall–Kier alpha value is -2.61. The fourth-order valence-electron chi connectivity index (χ4n) is 3.43. The highest BCUT2D eigenvalue weighted by atomic mass is 16.1. The second-order valence-corrected chi connectivity index (χ2v) is 5.79. The van der Waals surface area contributed by atoms with Crippen LogP contribution in [0.3, 0.4) is 0 Å². The molecule has 1 aliphatic rings. The van der Waals surface area contributed by atoms with Crippen LogP contribution >= 0.6 is 0 Å². The zero-order valence-electron chi connectivity index (χ0n) is 12.5. The SMILES string of the molecule is CC(=O)n1cc2c(c1-c1ccccc1)-c1ccccc1CC2. The van der Waals surface area contributed by atoms with Gasteiger partial charge in [0, 0.05) is 18.7 Å². The van der Waals surface area contributed by atoms with E-state index in [1.807, 2.05) is 29.0 Å². The van der Waals surface area contributed by atoms with E-state index in [0.717, 1.165) is 24.1 Å². The molecule has 0 fully saturated rings. The number of fused-ring (bicyclic) bond motifs is 3. The molecule has 1 heterocycles. The molecule has 2 nitrogen and oxygen atoms in total. The molecule has 0 unspecified atom stereocenters. The number of benzene rings is 2. The number of rotatable bonds is 1. The summed E-state index contributed by atoms with van der Waals surface area (Å²) in [4.78, 5) is 12.1. The van der Waals surface area contributed by atoms with Gasteiger partial charge in [0.1, 0.15) is 0 Å². The third-order valence-corrected chi connectivity index (χ3v) is 4.42. The van der Waals surface area contributed by atoms with Crippen molar-refractivity contribution in [3.8, 4) is 22.4 Å². The van der Waals surface area contributed by atoms with Gasteiger partial charge in [-0.15, -0.1) is 0 Å². The van der Waals surface area contributed by atoms with Crippen molar-refractivity contribution in [2.75, 3.05) is 0 Å². The molecule has 0 radical (unpaired) electrons. The Kier molecular flexibility index (Phi) is 2.97. The average molecular weight is 287 g/mol. The lowest BCUT2D eigenvalue weighted by Crippen LogP contribution is -2.06. The molecule has 0 N–H and O–H groups in total. The molecule has 0 spiro atoms. The average Bonchev–Trinajstić information content (AvgIpc) is 2.96. The first-order valence-electron chi connectivity index (χ1n) is 7.64. The smallest absolute Gasteiger partial charge is 0.227 e. The predicted octanol–water partition coefficient (Wildman–Crippen LogP) is 4.58. The maximum absolute atomic E-state index is 12.1. The van der Waals surface area contributed by atoms with E-state index in [2.05, 4.69) is 36.4 Å². The van der Waals surface area contributed by atoms with Gasteiger partial charge in [-0.05, 0) is 35.1 Å². The Morgan fingerprint density at radius 3 is 2.36 bits per heavy atom. The number of aryl methyl sites for hydroxylation is 2. The molecular weight excluding hydrogens is 270 g/mol. The fraction of sp³-hybridized carbons (Fsp3) is 0.150. The van der Waals surface area contributed by atoms with Gasteiger partial charge in [-0.2, -0.15) is 0 Å². The molecule has 2 heteroatoms. The topological polar surface area (TPSA) is 22.0 Å². The number of hydrogen-bond acceptors (Lipinski definition) is 1. The van der Waals surface area contributed by atoms with Gasteiger partial charge in [0.25, 0.3) is 0 Å². The molecule has 3 aromatic rings.